The molecule has 0 N–H and O–H groups in total. The van der Waals surface area contributed by atoms with Crippen LogP contribution in [0.3, 0.4) is 0 Å². The van der Waals surface area contributed by atoms with Crippen molar-refractivity contribution in [3.8, 4) is 0 Å². The van der Waals surface area contributed by atoms with Gasteiger partial charge < -0.3 is 9.47 Å². The summed E-state index contributed by atoms with van der Waals surface area (Å²) in [5.41, 5.74) is 2.88. The molecule has 0 radical (unpaired) electrons. The number of fused-ring (bicyclic) bond motifs is 2. The Morgan fingerprint density at radius 3 is 2.83 bits per heavy atom. The monoisotopic (exact) mass is 326 g/mol. The van der Waals surface area contributed by atoms with Gasteiger partial charge in [-0.25, -0.2) is 0 Å². The summed E-state index contributed by atoms with van der Waals surface area (Å²) in [5.74, 6) is 2.44. The van der Waals surface area contributed by atoms with Gasteiger partial charge in [0.05, 0.1) is 24.0 Å². The number of hydrogen-bond acceptors (Lipinski definition) is 6. The van der Waals surface area contributed by atoms with E-state index < -0.39 is 0 Å². The van der Waals surface area contributed by atoms with Gasteiger partial charge in [0.1, 0.15) is 12.2 Å². The first-order chi connectivity index (χ1) is 11.6. The van der Waals surface area contributed by atoms with Gasteiger partial charge in [0, 0.05) is 12.5 Å². The van der Waals surface area contributed by atoms with Gasteiger partial charge in [0.25, 0.3) is 0 Å². The lowest BCUT2D eigenvalue weighted by atomic mass is 10.1. The molecule has 8 nitrogen and oxygen atoms in total. The molecule has 4 heterocycles. The summed E-state index contributed by atoms with van der Waals surface area (Å²) < 4.78 is 4.04. The van der Waals surface area contributed by atoms with Crippen molar-refractivity contribution in [2.45, 2.75) is 52.6 Å². The second-order valence-corrected chi connectivity index (χ2v) is 6.70. The lowest BCUT2D eigenvalue weighted by Gasteiger charge is -2.34. The molecule has 0 fully saturated rings. The zero-order valence-electron chi connectivity index (χ0n) is 14.5. The van der Waals surface area contributed by atoms with Gasteiger partial charge in [0.15, 0.2) is 5.82 Å². The molecule has 8 heteroatoms. The number of rotatable bonds is 3. The number of anilines is 1. The highest BCUT2D eigenvalue weighted by Gasteiger charge is 2.29. The van der Waals surface area contributed by atoms with Crippen molar-refractivity contribution >= 4 is 11.3 Å². The molecule has 0 bridgehead atoms. The SMILES string of the molecule is CCc1cc(N2Cc3nnc(C(C)C)n3[C@@H](C)C2)c2nncn2n1. The van der Waals surface area contributed by atoms with Crippen molar-refractivity contribution in [2.75, 3.05) is 11.4 Å². The van der Waals surface area contributed by atoms with Crippen molar-refractivity contribution in [1.29, 1.82) is 0 Å². The van der Waals surface area contributed by atoms with Crippen LogP contribution >= 0.6 is 0 Å². The predicted molar refractivity (Wildman–Crippen MR) is 90.0 cm³/mol. The van der Waals surface area contributed by atoms with Crippen molar-refractivity contribution in [3.05, 3.63) is 29.7 Å². The van der Waals surface area contributed by atoms with E-state index in [0.717, 1.165) is 48.2 Å². The summed E-state index contributed by atoms with van der Waals surface area (Å²) in [6.07, 6.45) is 2.53. The molecule has 1 aliphatic rings. The zero-order chi connectivity index (χ0) is 16.8. The Morgan fingerprint density at radius 1 is 1.25 bits per heavy atom. The Morgan fingerprint density at radius 2 is 2.08 bits per heavy atom. The van der Waals surface area contributed by atoms with E-state index in [2.05, 4.69) is 68.7 Å². The van der Waals surface area contributed by atoms with Crippen LogP contribution in [0.4, 0.5) is 5.69 Å². The van der Waals surface area contributed by atoms with Crippen LogP contribution in [0.5, 0.6) is 0 Å². The highest BCUT2D eigenvalue weighted by atomic mass is 15.4. The molecule has 0 unspecified atom stereocenters. The van der Waals surface area contributed by atoms with Gasteiger partial charge in [0.2, 0.25) is 5.65 Å². The Bertz CT molecular complexity index is 877. The second kappa shape index (κ2) is 5.54. The van der Waals surface area contributed by atoms with E-state index in [0.29, 0.717) is 12.0 Å². The molecule has 0 aliphatic carbocycles. The van der Waals surface area contributed by atoms with Crippen LogP contribution < -0.4 is 4.90 Å². The third kappa shape index (κ3) is 2.24. The molecule has 4 rings (SSSR count). The van der Waals surface area contributed by atoms with Crippen LogP contribution in [0.25, 0.3) is 5.65 Å². The van der Waals surface area contributed by atoms with Crippen LogP contribution in [0, 0.1) is 0 Å². The van der Waals surface area contributed by atoms with Gasteiger partial charge >= 0.3 is 0 Å². The van der Waals surface area contributed by atoms with Gasteiger partial charge in [-0.1, -0.05) is 20.8 Å². The minimum Gasteiger partial charge on any atom is -0.359 e. The molecule has 0 saturated heterocycles. The molecule has 0 amide bonds. The lowest BCUT2D eigenvalue weighted by Crippen LogP contribution is -2.37. The zero-order valence-corrected chi connectivity index (χ0v) is 14.5. The number of aryl methyl sites for hydroxylation is 1. The minimum absolute atomic E-state index is 0.308. The highest BCUT2D eigenvalue weighted by Crippen LogP contribution is 2.30. The standard InChI is InChI=1S/C16H22N8/c1-5-12-6-13(16-19-17-9-23(16)21-12)22-7-11(4)24-14(8-22)18-20-15(24)10(2)3/h6,9-11H,5,7-8H2,1-4H3/t11-/m0/s1. The normalized spacial score (nSPS) is 17.7. The Kier molecular flexibility index (Phi) is 3.47. The molecule has 0 spiro atoms. The maximum Gasteiger partial charge on any atom is 0.200 e. The average molecular weight is 326 g/mol. The maximum atomic E-state index is 4.53. The van der Waals surface area contributed by atoms with Gasteiger partial charge in [-0.3, -0.25) is 0 Å². The number of aromatic nitrogens is 7. The third-order valence-corrected chi connectivity index (χ3v) is 4.57. The number of hydrogen-bond donors (Lipinski definition) is 0. The molecule has 3 aromatic rings. The van der Waals surface area contributed by atoms with Crippen LogP contribution in [-0.4, -0.2) is 41.1 Å². The van der Waals surface area contributed by atoms with Gasteiger partial charge in [-0.05, 0) is 19.4 Å². The molecule has 0 saturated carbocycles. The van der Waals surface area contributed by atoms with Crippen LogP contribution in [0.15, 0.2) is 12.4 Å². The molecule has 1 aliphatic heterocycles. The molecule has 3 aromatic heterocycles. The summed E-state index contributed by atoms with van der Waals surface area (Å²) in [7, 11) is 0. The van der Waals surface area contributed by atoms with E-state index in [1.807, 2.05) is 0 Å². The van der Waals surface area contributed by atoms with Crippen LogP contribution in [0.2, 0.25) is 0 Å². The molecule has 126 valence electrons. The summed E-state index contributed by atoms with van der Waals surface area (Å²) in [6, 6.07) is 2.42. The Hall–Kier alpha value is -2.51. The first kappa shape index (κ1) is 15.0. The van der Waals surface area contributed by atoms with Crippen LogP contribution in [-0.2, 0) is 13.0 Å². The summed E-state index contributed by atoms with van der Waals surface area (Å²) in [6.45, 7) is 10.2. The number of nitrogens with zero attached hydrogens (tertiary/aromatic N) is 8. The topological polar surface area (TPSA) is 77.0 Å². The third-order valence-electron chi connectivity index (χ3n) is 4.57. The summed E-state index contributed by atoms with van der Waals surface area (Å²) in [5, 5.41) is 21.6. The van der Waals surface area contributed by atoms with Crippen molar-refractivity contribution in [1.82, 2.24) is 34.6 Å². The second-order valence-electron chi connectivity index (χ2n) is 6.70. The van der Waals surface area contributed by atoms with E-state index in [1.165, 1.54) is 0 Å². The lowest BCUT2D eigenvalue weighted by molar-refractivity contribution is 0.443. The first-order valence-electron chi connectivity index (χ1n) is 8.47. The fourth-order valence-electron chi connectivity index (χ4n) is 3.41. The molecule has 0 aromatic carbocycles. The smallest absolute Gasteiger partial charge is 0.200 e. The quantitative estimate of drug-likeness (QED) is 0.732. The molecular formula is C16H22N8. The fraction of sp³-hybridized carbons (Fsp3) is 0.562. The van der Waals surface area contributed by atoms with E-state index in [4.69, 9.17) is 0 Å². The Balaban J connectivity index is 1.78. The van der Waals surface area contributed by atoms with E-state index >= 15 is 0 Å². The van der Waals surface area contributed by atoms with Crippen LogP contribution in [0.1, 0.15) is 57.0 Å². The predicted octanol–water partition coefficient (Wildman–Crippen LogP) is 1.98. The molecular weight excluding hydrogens is 304 g/mol. The Labute approximate surface area is 140 Å². The maximum absolute atomic E-state index is 4.53. The van der Waals surface area contributed by atoms with Gasteiger partial charge in [-0.15, -0.1) is 20.4 Å². The highest BCUT2D eigenvalue weighted by molar-refractivity contribution is 5.68. The minimum atomic E-state index is 0.308. The van der Waals surface area contributed by atoms with E-state index in [1.54, 1.807) is 10.8 Å². The molecule has 24 heavy (non-hydrogen) atoms. The van der Waals surface area contributed by atoms with Crippen molar-refractivity contribution in [2.24, 2.45) is 0 Å². The molecule has 1 atom stereocenters. The van der Waals surface area contributed by atoms with Crippen molar-refractivity contribution < 1.29 is 0 Å². The fourth-order valence-corrected chi connectivity index (χ4v) is 3.41. The van der Waals surface area contributed by atoms with E-state index in [-0.39, 0.29) is 0 Å². The van der Waals surface area contributed by atoms with Gasteiger partial charge in [-0.2, -0.15) is 9.61 Å². The first-order valence-corrected chi connectivity index (χ1v) is 8.47. The largest absolute Gasteiger partial charge is 0.359 e. The summed E-state index contributed by atoms with van der Waals surface area (Å²) >= 11 is 0. The van der Waals surface area contributed by atoms with Crippen molar-refractivity contribution in [3.63, 3.8) is 0 Å². The van der Waals surface area contributed by atoms with E-state index in [9.17, 15) is 0 Å². The summed E-state index contributed by atoms with van der Waals surface area (Å²) in [4.78, 5) is 2.31. The average Bonchev–Trinajstić information content (AvgIpc) is 3.20.